The van der Waals surface area contributed by atoms with Crippen molar-refractivity contribution in [1.29, 1.82) is 0 Å². The first-order chi connectivity index (χ1) is 12.6. The minimum absolute atomic E-state index is 0.371. The van der Waals surface area contributed by atoms with Crippen molar-refractivity contribution in [2.75, 3.05) is 13.1 Å². The summed E-state index contributed by atoms with van der Waals surface area (Å²) in [6.45, 7) is 3.84. The molecule has 1 N–H and O–H groups in total. The molecule has 7 nitrogen and oxygen atoms in total. The SMILES string of the molecule is Cc1noc(CC2(O)CCCN(Cc3cc(-c4ccccc4)no3)C2)n1. The van der Waals surface area contributed by atoms with Gasteiger partial charge in [-0.15, -0.1) is 0 Å². The van der Waals surface area contributed by atoms with Gasteiger partial charge in [-0.25, -0.2) is 0 Å². The fourth-order valence-corrected chi connectivity index (χ4v) is 3.53. The summed E-state index contributed by atoms with van der Waals surface area (Å²) in [7, 11) is 0. The monoisotopic (exact) mass is 354 g/mol. The van der Waals surface area contributed by atoms with Gasteiger partial charge in [-0.3, -0.25) is 4.90 Å². The second-order valence-electron chi connectivity index (χ2n) is 7.00. The number of β-amino-alcohol motifs (C(OH)–C–C–N with tert-alkyl or cyclic N) is 1. The molecule has 136 valence electrons. The molecule has 1 saturated heterocycles. The minimum atomic E-state index is -0.862. The van der Waals surface area contributed by atoms with Gasteiger partial charge in [0.1, 0.15) is 5.69 Å². The van der Waals surface area contributed by atoms with Crippen LogP contribution in [0.15, 0.2) is 45.4 Å². The lowest BCUT2D eigenvalue weighted by molar-refractivity contribution is -0.0391. The third kappa shape index (κ3) is 3.84. The molecule has 1 aromatic carbocycles. The van der Waals surface area contributed by atoms with Gasteiger partial charge >= 0.3 is 0 Å². The summed E-state index contributed by atoms with van der Waals surface area (Å²) >= 11 is 0. The maximum Gasteiger partial charge on any atom is 0.229 e. The summed E-state index contributed by atoms with van der Waals surface area (Å²) in [5, 5.41) is 18.9. The largest absolute Gasteiger partial charge is 0.388 e. The maximum absolute atomic E-state index is 10.9. The molecule has 4 rings (SSSR count). The van der Waals surface area contributed by atoms with Gasteiger partial charge in [-0.05, 0) is 26.3 Å². The highest BCUT2D eigenvalue weighted by molar-refractivity contribution is 5.58. The van der Waals surface area contributed by atoms with Gasteiger partial charge in [0.15, 0.2) is 11.6 Å². The fraction of sp³-hybridized carbons (Fsp3) is 0.421. The number of aryl methyl sites for hydroxylation is 1. The van der Waals surface area contributed by atoms with Crippen LogP contribution in [0.5, 0.6) is 0 Å². The Balaban J connectivity index is 1.41. The third-order valence-electron chi connectivity index (χ3n) is 4.69. The minimum Gasteiger partial charge on any atom is -0.388 e. The molecule has 3 aromatic rings. The maximum atomic E-state index is 10.9. The average Bonchev–Trinajstić information content (AvgIpc) is 3.24. The Bertz CT molecular complexity index is 861. The lowest BCUT2D eigenvalue weighted by atomic mass is 9.89. The van der Waals surface area contributed by atoms with Crippen LogP contribution in [-0.4, -0.2) is 44.0 Å². The molecule has 7 heteroatoms. The van der Waals surface area contributed by atoms with Gasteiger partial charge in [0.05, 0.1) is 18.6 Å². The molecule has 0 aliphatic carbocycles. The summed E-state index contributed by atoms with van der Waals surface area (Å²) in [6.07, 6.45) is 2.00. The van der Waals surface area contributed by atoms with Crippen molar-refractivity contribution in [3.05, 3.63) is 53.9 Å². The van der Waals surface area contributed by atoms with Crippen LogP contribution >= 0.6 is 0 Å². The molecule has 1 fully saturated rings. The van der Waals surface area contributed by atoms with Crippen molar-refractivity contribution in [3.8, 4) is 11.3 Å². The Morgan fingerprint density at radius 1 is 1.19 bits per heavy atom. The molecule has 1 atom stereocenters. The Kier molecular flexibility index (Phi) is 4.57. The van der Waals surface area contributed by atoms with E-state index in [9.17, 15) is 5.11 Å². The normalized spacial score (nSPS) is 21.2. The molecule has 26 heavy (non-hydrogen) atoms. The van der Waals surface area contributed by atoms with Crippen molar-refractivity contribution in [1.82, 2.24) is 20.2 Å². The summed E-state index contributed by atoms with van der Waals surface area (Å²) in [5.74, 6) is 1.87. The zero-order chi connectivity index (χ0) is 18.0. The second-order valence-corrected chi connectivity index (χ2v) is 7.00. The predicted octanol–water partition coefficient (Wildman–Crippen LogP) is 2.60. The van der Waals surface area contributed by atoms with Crippen LogP contribution in [0.25, 0.3) is 11.3 Å². The van der Waals surface area contributed by atoms with Crippen LogP contribution in [0.3, 0.4) is 0 Å². The fourth-order valence-electron chi connectivity index (χ4n) is 3.53. The highest BCUT2D eigenvalue weighted by atomic mass is 16.5. The van der Waals surface area contributed by atoms with Crippen LogP contribution in [0.1, 0.15) is 30.3 Å². The van der Waals surface area contributed by atoms with Crippen LogP contribution < -0.4 is 0 Å². The topological polar surface area (TPSA) is 88.4 Å². The van der Waals surface area contributed by atoms with E-state index in [1.807, 2.05) is 36.4 Å². The van der Waals surface area contributed by atoms with E-state index in [2.05, 4.69) is 20.2 Å². The van der Waals surface area contributed by atoms with Crippen molar-refractivity contribution in [3.63, 3.8) is 0 Å². The number of aromatic nitrogens is 3. The highest BCUT2D eigenvalue weighted by Crippen LogP contribution is 2.27. The zero-order valence-corrected chi connectivity index (χ0v) is 14.8. The molecule has 0 radical (unpaired) electrons. The molecule has 1 aliphatic heterocycles. The van der Waals surface area contributed by atoms with Crippen molar-refractivity contribution >= 4 is 0 Å². The van der Waals surface area contributed by atoms with E-state index in [1.54, 1.807) is 6.92 Å². The van der Waals surface area contributed by atoms with E-state index >= 15 is 0 Å². The Morgan fingerprint density at radius 2 is 2.04 bits per heavy atom. The number of hydrogen-bond acceptors (Lipinski definition) is 7. The summed E-state index contributed by atoms with van der Waals surface area (Å²) in [4.78, 5) is 6.39. The molecule has 2 aromatic heterocycles. The summed E-state index contributed by atoms with van der Waals surface area (Å²) in [5.41, 5.74) is 0.998. The first-order valence-corrected chi connectivity index (χ1v) is 8.85. The van der Waals surface area contributed by atoms with E-state index in [4.69, 9.17) is 9.05 Å². The zero-order valence-electron chi connectivity index (χ0n) is 14.8. The van der Waals surface area contributed by atoms with Crippen LogP contribution in [0.2, 0.25) is 0 Å². The molecule has 0 amide bonds. The van der Waals surface area contributed by atoms with Crippen LogP contribution in [0.4, 0.5) is 0 Å². The van der Waals surface area contributed by atoms with Gasteiger partial charge in [-0.2, -0.15) is 4.98 Å². The van der Waals surface area contributed by atoms with Gasteiger partial charge in [-0.1, -0.05) is 40.6 Å². The van der Waals surface area contributed by atoms with Gasteiger partial charge < -0.3 is 14.2 Å². The van der Waals surface area contributed by atoms with Gasteiger partial charge in [0, 0.05) is 18.2 Å². The number of piperidine rings is 1. The number of benzene rings is 1. The number of nitrogens with zero attached hydrogens (tertiary/aromatic N) is 4. The summed E-state index contributed by atoms with van der Waals surface area (Å²) < 4.78 is 10.7. The lowest BCUT2D eigenvalue weighted by Crippen LogP contribution is -2.49. The molecule has 1 aliphatic rings. The highest BCUT2D eigenvalue weighted by Gasteiger charge is 2.35. The average molecular weight is 354 g/mol. The second kappa shape index (κ2) is 7.01. The number of aliphatic hydroxyl groups is 1. The predicted molar refractivity (Wildman–Crippen MR) is 94.1 cm³/mol. The van der Waals surface area contributed by atoms with Crippen LogP contribution in [0, 0.1) is 6.92 Å². The van der Waals surface area contributed by atoms with Crippen LogP contribution in [-0.2, 0) is 13.0 Å². The summed E-state index contributed by atoms with van der Waals surface area (Å²) in [6, 6.07) is 11.9. The first-order valence-electron chi connectivity index (χ1n) is 8.85. The van der Waals surface area contributed by atoms with Gasteiger partial charge in [0.25, 0.3) is 0 Å². The Labute approximate surface area is 151 Å². The Morgan fingerprint density at radius 3 is 2.81 bits per heavy atom. The van der Waals surface area contributed by atoms with E-state index in [-0.39, 0.29) is 0 Å². The first kappa shape index (κ1) is 16.9. The van der Waals surface area contributed by atoms with E-state index < -0.39 is 5.60 Å². The van der Waals surface area contributed by atoms with Crippen molar-refractivity contribution < 1.29 is 14.2 Å². The van der Waals surface area contributed by atoms with Crippen molar-refractivity contribution in [2.24, 2.45) is 0 Å². The van der Waals surface area contributed by atoms with Crippen molar-refractivity contribution in [2.45, 2.75) is 38.3 Å². The van der Waals surface area contributed by atoms with E-state index in [0.717, 1.165) is 36.4 Å². The number of rotatable bonds is 5. The van der Waals surface area contributed by atoms with E-state index in [0.29, 0.717) is 31.2 Å². The molecular weight excluding hydrogens is 332 g/mol. The quantitative estimate of drug-likeness (QED) is 0.753. The molecule has 0 spiro atoms. The van der Waals surface area contributed by atoms with E-state index in [1.165, 1.54) is 0 Å². The van der Waals surface area contributed by atoms with Gasteiger partial charge in [0.2, 0.25) is 5.89 Å². The lowest BCUT2D eigenvalue weighted by Gasteiger charge is -2.38. The number of hydrogen-bond donors (Lipinski definition) is 1. The molecule has 1 unspecified atom stereocenters. The Hall–Kier alpha value is -2.51. The number of likely N-dealkylation sites (tertiary alicyclic amines) is 1. The molecule has 0 bridgehead atoms. The molecule has 3 heterocycles. The smallest absolute Gasteiger partial charge is 0.229 e. The molecular formula is C19H22N4O3. The third-order valence-corrected chi connectivity index (χ3v) is 4.69. The standard InChI is InChI=1S/C19H22N4O3/c1-14-20-18(26-21-14)11-19(24)8-5-9-23(13-19)12-16-10-17(22-25-16)15-6-3-2-4-7-15/h2-4,6-7,10,24H,5,8-9,11-13H2,1H3. The molecule has 0 saturated carbocycles.